The third-order valence-electron chi connectivity index (χ3n) is 5.08. The first-order valence-corrected chi connectivity index (χ1v) is 10.1. The van der Waals surface area contributed by atoms with Crippen LogP contribution in [0, 0.1) is 0 Å². The van der Waals surface area contributed by atoms with Crippen LogP contribution >= 0.6 is 0 Å². The van der Waals surface area contributed by atoms with Crippen LogP contribution in [0.25, 0.3) is 11.0 Å². The lowest BCUT2D eigenvalue weighted by molar-refractivity contribution is -0.121. The van der Waals surface area contributed by atoms with Crippen LogP contribution in [-0.2, 0) is 17.6 Å². The number of H-pyrrole nitrogens is 1. The number of hydrogen-bond acceptors (Lipinski definition) is 2. The number of hydrogen-bond donors (Lipinski definition) is 2. The van der Waals surface area contributed by atoms with Crippen molar-refractivity contribution in [3.63, 3.8) is 0 Å². The number of nitrogens with one attached hydrogen (secondary N) is 2. The van der Waals surface area contributed by atoms with E-state index < -0.39 is 0 Å². The lowest BCUT2D eigenvalue weighted by Crippen LogP contribution is -2.29. The van der Waals surface area contributed by atoms with E-state index in [-0.39, 0.29) is 11.9 Å². The van der Waals surface area contributed by atoms with Crippen molar-refractivity contribution in [1.82, 2.24) is 15.3 Å². The van der Waals surface area contributed by atoms with Crippen LogP contribution in [0.3, 0.4) is 0 Å². The fourth-order valence-corrected chi connectivity index (χ4v) is 3.59. The van der Waals surface area contributed by atoms with Crippen molar-refractivity contribution < 1.29 is 4.79 Å². The second-order valence-corrected chi connectivity index (χ2v) is 7.27. The van der Waals surface area contributed by atoms with Gasteiger partial charge in [0.05, 0.1) is 17.1 Å². The van der Waals surface area contributed by atoms with E-state index in [2.05, 4.69) is 39.6 Å². The van der Waals surface area contributed by atoms with Crippen LogP contribution in [0.1, 0.15) is 35.8 Å². The molecule has 2 N–H and O–H groups in total. The molecule has 0 radical (unpaired) electrons. The zero-order valence-corrected chi connectivity index (χ0v) is 16.3. The number of para-hydroxylation sites is 2. The van der Waals surface area contributed by atoms with Crippen LogP contribution in [0.5, 0.6) is 0 Å². The normalized spacial score (nSPS) is 12.0. The fourth-order valence-electron chi connectivity index (χ4n) is 3.59. The van der Waals surface area contributed by atoms with Gasteiger partial charge < -0.3 is 10.3 Å². The summed E-state index contributed by atoms with van der Waals surface area (Å²) in [5.41, 5.74) is 4.35. The van der Waals surface area contributed by atoms with Crippen LogP contribution < -0.4 is 5.32 Å². The molecular weight excluding hydrogens is 358 g/mol. The van der Waals surface area contributed by atoms with Gasteiger partial charge in [-0.15, -0.1) is 0 Å². The van der Waals surface area contributed by atoms with E-state index in [1.807, 2.05) is 60.7 Å². The number of carbonyl (C=O) groups excluding carboxylic acids is 1. The quantitative estimate of drug-likeness (QED) is 0.450. The van der Waals surface area contributed by atoms with E-state index in [1.54, 1.807) is 0 Å². The van der Waals surface area contributed by atoms with Gasteiger partial charge in [0.2, 0.25) is 5.91 Å². The molecule has 0 bridgehead atoms. The molecule has 1 atom stereocenters. The summed E-state index contributed by atoms with van der Waals surface area (Å²) in [7, 11) is 0. The minimum atomic E-state index is -0.0303. The third kappa shape index (κ3) is 5.11. The number of aromatic amines is 1. The van der Waals surface area contributed by atoms with Gasteiger partial charge in [-0.25, -0.2) is 4.98 Å². The topological polar surface area (TPSA) is 57.8 Å². The molecule has 0 saturated heterocycles. The second kappa shape index (κ2) is 9.20. The van der Waals surface area contributed by atoms with Crippen LogP contribution in [0.4, 0.5) is 0 Å². The lowest BCUT2D eigenvalue weighted by Gasteiger charge is -2.19. The highest BCUT2D eigenvalue weighted by atomic mass is 16.1. The highest BCUT2D eigenvalue weighted by Crippen LogP contribution is 2.19. The van der Waals surface area contributed by atoms with Gasteiger partial charge in [-0.3, -0.25) is 4.79 Å². The molecule has 1 aromatic heterocycles. The number of imidazole rings is 1. The predicted octanol–water partition coefficient (Wildman–Crippen LogP) is 4.99. The summed E-state index contributed by atoms with van der Waals surface area (Å²) in [5.74, 6) is 1.01. The minimum absolute atomic E-state index is 0.0303. The first kappa shape index (κ1) is 18.9. The molecular formula is C25H25N3O. The van der Waals surface area contributed by atoms with E-state index in [0.717, 1.165) is 41.7 Å². The fraction of sp³-hybridized carbons (Fsp3) is 0.200. The summed E-state index contributed by atoms with van der Waals surface area (Å²) in [6.45, 7) is 0. The molecule has 4 rings (SSSR count). The number of carbonyl (C=O) groups is 1. The first-order chi connectivity index (χ1) is 14.3. The SMILES string of the molecule is O=C(CCCc1nc2ccccc2[nH]1)NC(Cc1ccccc1)c1ccccc1. The molecule has 0 aliphatic heterocycles. The maximum absolute atomic E-state index is 12.6. The summed E-state index contributed by atoms with van der Waals surface area (Å²) < 4.78 is 0. The zero-order chi connectivity index (χ0) is 19.9. The molecule has 4 nitrogen and oxygen atoms in total. The van der Waals surface area contributed by atoms with Gasteiger partial charge in [0.1, 0.15) is 5.82 Å². The Bertz CT molecular complexity index is 1020. The molecule has 0 aliphatic rings. The minimum Gasteiger partial charge on any atom is -0.349 e. The molecule has 1 heterocycles. The molecule has 0 saturated carbocycles. The second-order valence-electron chi connectivity index (χ2n) is 7.27. The molecule has 4 aromatic rings. The molecule has 146 valence electrons. The Morgan fingerprint density at radius 1 is 0.897 bits per heavy atom. The monoisotopic (exact) mass is 383 g/mol. The molecule has 0 spiro atoms. The van der Waals surface area contributed by atoms with Gasteiger partial charge in [0, 0.05) is 12.8 Å². The summed E-state index contributed by atoms with van der Waals surface area (Å²) in [5, 5.41) is 3.23. The van der Waals surface area contributed by atoms with E-state index in [0.29, 0.717) is 6.42 Å². The first-order valence-electron chi connectivity index (χ1n) is 10.1. The Morgan fingerprint density at radius 2 is 1.59 bits per heavy atom. The van der Waals surface area contributed by atoms with Crippen LogP contribution in [0.2, 0.25) is 0 Å². The molecule has 1 unspecified atom stereocenters. The van der Waals surface area contributed by atoms with Crippen molar-refractivity contribution in [2.75, 3.05) is 0 Å². The summed E-state index contributed by atoms with van der Waals surface area (Å²) in [6.07, 6.45) is 2.78. The van der Waals surface area contributed by atoms with Crippen molar-refractivity contribution in [1.29, 1.82) is 0 Å². The van der Waals surface area contributed by atoms with Crippen molar-refractivity contribution in [2.24, 2.45) is 0 Å². The number of fused-ring (bicyclic) bond motifs is 1. The maximum Gasteiger partial charge on any atom is 0.220 e. The average Bonchev–Trinajstić information content (AvgIpc) is 3.17. The Morgan fingerprint density at radius 3 is 2.34 bits per heavy atom. The van der Waals surface area contributed by atoms with E-state index in [4.69, 9.17) is 0 Å². The van der Waals surface area contributed by atoms with Crippen LogP contribution in [0.15, 0.2) is 84.9 Å². The van der Waals surface area contributed by atoms with Gasteiger partial charge in [0.15, 0.2) is 0 Å². The van der Waals surface area contributed by atoms with Gasteiger partial charge in [-0.1, -0.05) is 72.8 Å². The van der Waals surface area contributed by atoms with Crippen molar-refractivity contribution >= 4 is 16.9 Å². The van der Waals surface area contributed by atoms with Gasteiger partial charge >= 0.3 is 0 Å². The molecule has 4 heteroatoms. The number of aryl methyl sites for hydroxylation is 1. The van der Waals surface area contributed by atoms with Gasteiger partial charge in [-0.2, -0.15) is 0 Å². The standard InChI is InChI=1S/C25H25N3O/c29-25(17-9-16-24-26-21-14-7-8-15-22(21)27-24)28-23(20-12-5-2-6-13-20)18-19-10-3-1-4-11-19/h1-8,10-15,23H,9,16-18H2,(H,26,27)(H,28,29). The smallest absolute Gasteiger partial charge is 0.220 e. The lowest BCUT2D eigenvalue weighted by atomic mass is 9.98. The largest absolute Gasteiger partial charge is 0.349 e. The Hall–Kier alpha value is -3.40. The molecule has 3 aromatic carbocycles. The van der Waals surface area contributed by atoms with E-state index >= 15 is 0 Å². The average molecular weight is 383 g/mol. The molecule has 0 aliphatic carbocycles. The van der Waals surface area contributed by atoms with E-state index in [9.17, 15) is 4.79 Å². The maximum atomic E-state index is 12.6. The van der Waals surface area contributed by atoms with Gasteiger partial charge in [-0.05, 0) is 36.1 Å². The van der Waals surface area contributed by atoms with E-state index in [1.165, 1.54) is 5.56 Å². The number of nitrogens with zero attached hydrogens (tertiary/aromatic N) is 1. The Balaban J connectivity index is 1.35. The zero-order valence-electron chi connectivity index (χ0n) is 16.3. The highest BCUT2D eigenvalue weighted by Gasteiger charge is 2.15. The van der Waals surface area contributed by atoms with Crippen LogP contribution in [-0.4, -0.2) is 15.9 Å². The number of rotatable bonds is 8. The van der Waals surface area contributed by atoms with Crippen molar-refractivity contribution in [2.45, 2.75) is 31.7 Å². The number of amides is 1. The van der Waals surface area contributed by atoms with Crippen molar-refractivity contribution in [3.8, 4) is 0 Å². The predicted molar refractivity (Wildman–Crippen MR) is 117 cm³/mol. The molecule has 1 amide bonds. The Labute approximate surface area is 171 Å². The molecule has 0 fully saturated rings. The Kier molecular flexibility index (Phi) is 6.01. The van der Waals surface area contributed by atoms with Gasteiger partial charge in [0.25, 0.3) is 0 Å². The number of benzene rings is 3. The summed E-state index contributed by atoms with van der Waals surface area (Å²) >= 11 is 0. The highest BCUT2D eigenvalue weighted by molar-refractivity contribution is 5.76. The summed E-state index contributed by atoms with van der Waals surface area (Å²) in [6, 6.07) is 28.4. The molecule has 29 heavy (non-hydrogen) atoms. The third-order valence-corrected chi connectivity index (χ3v) is 5.08. The number of aromatic nitrogens is 2. The summed E-state index contributed by atoms with van der Waals surface area (Å²) in [4.78, 5) is 20.6. The van der Waals surface area contributed by atoms with Crippen molar-refractivity contribution in [3.05, 3.63) is 102 Å².